The lowest BCUT2D eigenvalue weighted by molar-refractivity contribution is 0.116. The predicted molar refractivity (Wildman–Crippen MR) is 81.9 cm³/mol. The van der Waals surface area contributed by atoms with Crippen molar-refractivity contribution in [1.29, 1.82) is 0 Å². The minimum Gasteiger partial charge on any atom is -0.393 e. The Balaban J connectivity index is 1.73. The van der Waals surface area contributed by atoms with Crippen LogP contribution in [-0.4, -0.2) is 22.2 Å². The van der Waals surface area contributed by atoms with Crippen molar-refractivity contribution in [1.82, 2.24) is 10.3 Å². The topological polar surface area (TPSA) is 45.1 Å². The molecular weight excluding hydrogens is 272 g/mol. The van der Waals surface area contributed by atoms with Gasteiger partial charge < -0.3 is 10.4 Å². The number of hydrogen-bond donors (Lipinski definition) is 2. The molecule has 1 heterocycles. The molecule has 4 heteroatoms. The molecule has 2 N–H and O–H groups in total. The maximum absolute atomic E-state index is 9.53. The summed E-state index contributed by atoms with van der Waals surface area (Å²) in [7, 11) is 0. The van der Waals surface area contributed by atoms with Crippen molar-refractivity contribution in [2.45, 2.75) is 44.4 Å². The summed E-state index contributed by atoms with van der Waals surface area (Å²) in [5.41, 5.74) is 2.15. The second-order valence-corrected chi connectivity index (χ2v) is 5.90. The van der Waals surface area contributed by atoms with Gasteiger partial charge >= 0.3 is 0 Å². The smallest absolute Gasteiger partial charge is 0.0761 e. The molecule has 0 spiro atoms. The van der Waals surface area contributed by atoms with Gasteiger partial charge in [0.1, 0.15) is 0 Å². The summed E-state index contributed by atoms with van der Waals surface area (Å²) >= 11 is 6.21. The van der Waals surface area contributed by atoms with E-state index in [9.17, 15) is 5.11 Å². The third-order valence-electron chi connectivity index (χ3n) is 4.08. The molecule has 1 fully saturated rings. The summed E-state index contributed by atoms with van der Waals surface area (Å²) in [6.45, 7) is 0.797. The summed E-state index contributed by atoms with van der Waals surface area (Å²) in [6.07, 6.45) is 5.58. The predicted octanol–water partition coefficient (Wildman–Crippen LogP) is 3.28. The van der Waals surface area contributed by atoms with Gasteiger partial charge in [-0.15, -0.1) is 0 Å². The molecule has 0 amide bonds. The Kier molecular flexibility index (Phi) is 4.20. The first-order valence-electron chi connectivity index (χ1n) is 7.17. The largest absolute Gasteiger partial charge is 0.393 e. The van der Waals surface area contributed by atoms with Gasteiger partial charge in [0, 0.05) is 29.2 Å². The van der Waals surface area contributed by atoms with E-state index in [1.807, 2.05) is 24.3 Å². The molecule has 0 radical (unpaired) electrons. The van der Waals surface area contributed by atoms with Crippen molar-refractivity contribution in [3.05, 3.63) is 41.0 Å². The highest BCUT2D eigenvalue weighted by Crippen LogP contribution is 2.25. The van der Waals surface area contributed by atoms with Gasteiger partial charge in [-0.2, -0.15) is 0 Å². The monoisotopic (exact) mass is 290 g/mol. The van der Waals surface area contributed by atoms with Crippen LogP contribution in [0.25, 0.3) is 10.9 Å². The minimum atomic E-state index is -0.105. The van der Waals surface area contributed by atoms with Gasteiger partial charge in [0.15, 0.2) is 0 Å². The molecule has 106 valence electrons. The van der Waals surface area contributed by atoms with E-state index in [2.05, 4.69) is 10.3 Å². The molecule has 0 atom stereocenters. The first kappa shape index (κ1) is 13.8. The first-order chi connectivity index (χ1) is 9.74. The number of aromatic nitrogens is 1. The van der Waals surface area contributed by atoms with Gasteiger partial charge in [-0.3, -0.25) is 4.98 Å². The van der Waals surface area contributed by atoms with Crippen molar-refractivity contribution in [2.24, 2.45) is 0 Å². The molecule has 0 saturated heterocycles. The highest BCUT2D eigenvalue weighted by atomic mass is 35.5. The van der Waals surface area contributed by atoms with E-state index in [-0.39, 0.29) is 6.10 Å². The molecule has 3 nitrogen and oxygen atoms in total. The summed E-state index contributed by atoms with van der Waals surface area (Å²) < 4.78 is 0. The van der Waals surface area contributed by atoms with Crippen LogP contribution in [0.4, 0.5) is 0 Å². The Morgan fingerprint density at radius 1 is 1.20 bits per heavy atom. The van der Waals surface area contributed by atoms with E-state index < -0.39 is 0 Å². The number of rotatable bonds is 3. The highest BCUT2D eigenvalue weighted by Gasteiger charge is 2.19. The normalized spacial score (nSPS) is 23.1. The number of nitrogens with one attached hydrogen (secondary N) is 1. The zero-order valence-electron chi connectivity index (χ0n) is 11.3. The third kappa shape index (κ3) is 2.95. The van der Waals surface area contributed by atoms with Crippen LogP contribution in [0.1, 0.15) is 31.2 Å². The van der Waals surface area contributed by atoms with Gasteiger partial charge in [-0.05, 0) is 49.4 Å². The fourth-order valence-corrected chi connectivity index (χ4v) is 3.09. The van der Waals surface area contributed by atoms with E-state index in [0.717, 1.165) is 48.2 Å². The quantitative estimate of drug-likeness (QED) is 0.912. The molecule has 0 aliphatic heterocycles. The van der Waals surface area contributed by atoms with Gasteiger partial charge in [-0.1, -0.05) is 17.7 Å². The van der Waals surface area contributed by atoms with Crippen LogP contribution in [0, 0.1) is 0 Å². The molecule has 20 heavy (non-hydrogen) atoms. The Hall–Kier alpha value is -1.16. The van der Waals surface area contributed by atoms with Crippen molar-refractivity contribution in [3.63, 3.8) is 0 Å². The molecule has 0 bridgehead atoms. The molecule has 1 aromatic carbocycles. The number of nitrogens with zero attached hydrogens (tertiary/aromatic N) is 1. The molecule has 1 aliphatic rings. The van der Waals surface area contributed by atoms with E-state index in [1.165, 1.54) is 5.56 Å². The number of fused-ring (bicyclic) bond motifs is 1. The molecule has 1 aliphatic carbocycles. The molecule has 1 aromatic heterocycles. The van der Waals surface area contributed by atoms with E-state index in [0.29, 0.717) is 6.04 Å². The van der Waals surface area contributed by atoms with E-state index in [1.54, 1.807) is 6.20 Å². The molecular formula is C16H19ClN2O. The highest BCUT2D eigenvalue weighted by molar-refractivity contribution is 6.35. The summed E-state index contributed by atoms with van der Waals surface area (Å²) in [4.78, 5) is 4.45. The lowest BCUT2D eigenvalue weighted by Gasteiger charge is -2.26. The number of aliphatic hydroxyl groups is 1. The number of hydrogen-bond acceptors (Lipinski definition) is 3. The lowest BCUT2D eigenvalue weighted by Crippen LogP contribution is -2.34. The molecule has 2 aromatic rings. The molecule has 1 saturated carbocycles. The van der Waals surface area contributed by atoms with Gasteiger partial charge in [-0.25, -0.2) is 0 Å². The number of pyridine rings is 1. The van der Waals surface area contributed by atoms with Crippen LogP contribution in [0.5, 0.6) is 0 Å². The van der Waals surface area contributed by atoms with Crippen molar-refractivity contribution in [3.8, 4) is 0 Å². The van der Waals surface area contributed by atoms with Gasteiger partial charge in [0.25, 0.3) is 0 Å². The number of benzene rings is 1. The molecule has 3 rings (SSSR count). The Bertz CT molecular complexity index is 594. The SMILES string of the molecule is OC1CCC(NCc2ccc(Cl)c3cccnc23)CC1. The maximum Gasteiger partial charge on any atom is 0.0761 e. The number of halogens is 1. The minimum absolute atomic E-state index is 0.105. The van der Waals surface area contributed by atoms with Crippen LogP contribution in [0.2, 0.25) is 5.02 Å². The Labute approximate surface area is 124 Å². The number of aliphatic hydroxyl groups excluding tert-OH is 1. The second-order valence-electron chi connectivity index (χ2n) is 5.49. The van der Waals surface area contributed by atoms with E-state index >= 15 is 0 Å². The molecule has 0 unspecified atom stereocenters. The van der Waals surface area contributed by atoms with Crippen LogP contribution in [0.15, 0.2) is 30.5 Å². The fraction of sp³-hybridized carbons (Fsp3) is 0.438. The average Bonchev–Trinajstić information content (AvgIpc) is 2.49. The summed E-state index contributed by atoms with van der Waals surface area (Å²) in [6, 6.07) is 8.39. The third-order valence-corrected chi connectivity index (χ3v) is 4.41. The zero-order chi connectivity index (χ0) is 13.9. The van der Waals surface area contributed by atoms with E-state index in [4.69, 9.17) is 11.6 Å². The average molecular weight is 291 g/mol. The van der Waals surface area contributed by atoms with Crippen LogP contribution >= 0.6 is 11.6 Å². The summed E-state index contributed by atoms with van der Waals surface area (Å²) in [5.74, 6) is 0. The maximum atomic E-state index is 9.53. The second kappa shape index (κ2) is 6.08. The van der Waals surface area contributed by atoms with Gasteiger partial charge in [0.2, 0.25) is 0 Å². The van der Waals surface area contributed by atoms with Crippen LogP contribution in [0.3, 0.4) is 0 Å². The van der Waals surface area contributed by atoms with Crippen molar-refractivity contribution in [2.75, 3.05) is 0 Å². The fourth-order valence-electron chi connectivity index (χ4n) is 2.87. The summed E-state index contributed by atoms with van der Waals surface area (Å²) in [5, 5.41) is 14.9. The van der Waals surface area contributed by atoms with Crippen molar-refractivity contribution < 1.29 is 5.11 Å². The first-order valence-corrected chi connectivity index (χ1v) is 7.55. The van der Waals surface area contributed by atoms with Gasteiger partial charge in [0.05, 0.1) is 11.6 Å². The Morgan fingerprint density at radius 3 is 2.80 bits per heavy atom. The van der Waals surface area contributed by atoms with Crippen LogP contribution in [-0.2, 0) is 6.54 Å². The lowest BCUT2D eigenvalue weighted by atomic mass is 9.93. The Morgan fingerprint density at radius 2 is 2.00 bits per heavy atom. The standard InChI is InChI=1S/C16H19ClN2O/c17-15-8-3-11(16-14(15)2-1-9-18-16)10-19-12-4-6-13(20)7-5-12/h1-3,8-9,12-13,19-20H,4-7,10H2. The van der Waals surface area contributed by atoms with Crippen LogP contribution < -0.4 is 5.32 Å². The van der Waals surface area contributed by atoms with Crippen molar-refractivity contribution >= 4 is 22.5 Å². The zero-order valence-corrected chi connectivity index (χ0v) is 12.1.